The molecule has 0 radical (unpaired) electrons. The Morgan fingerprint density at radius 2 is 1.31 bits per heavy atom. The maximum absolute atomic E-state index is 5.76. The fourth-order valence-electron chi connectivity index (χ4n) is 1.88. The molecule has 3 aliphatic heterocycles. The van der Waals surface area contributed by atoms with Gasteiger partial charge in [0.2, 0.25) is 0 Å². The van der Waals surface area contributed by atoms with Crippen molar-refractivity contribution < 1.29 is 18.9 Å². The van der Waals surface area contributed by atoms with Crippen molar-refractivity contribution in [2.75, 3.05) is 13.2 Å². The van der Waals surface area contributed by atoms with Gasteiger partial charge in [-0.2, -0.15) is 0 Å². The third-order valence-corrected chi connectivity index (χ3v) is 2.61. The molecule has 3 fully saturated rings. The van der Waals surface area contributed by atoms with Crippen molar-refractivity contribution in [1.29, 1.82) is 0 Å². The second kappa shape index (κ2) is 2.45. The van der Waals surface area contributed by atoms with Gasteiger partial charge in [-0.3, -0.25) is 0 Å². The quantitative estimate of drug-likeness (QED) is 0.582. The standard InChI is InChI=1S/C9H14O4/c1-9(2)12-7(5-3-10-5)8(13-9)6-4-11-6/h5-8H,3-4H2,1-2H3/t5-,6-,7+,8+/m0/s1. The Morgan fingerprint density at radius 3 is 1.62 bits per heavy atom. The maximum Gasteiger partial charge on any atom is 0.164 e. The van der Waals surface area contributed by atoms with Crippen LogP contribution in [0.4, 0.5) is 0 Å². The van der Waals surface area contributed by atoms with Gasteiger partial charge < -0.3 is 18.9 Å². The minimum absolute atomic E-state index is 0.0718. The van der Waals surface area contributed by atoms with Gasteiger partial charge in [-0.05, 0) is 13.8 Å². The van der Waals surface area contributed by atoms with Crippen LogP contribution in [0.1, 0.15) is 13.8 Å². The van der Waals surface area contributed by atoms with Crippen molar-refractivity contribution in [3.8, 4) is 0 Å². The summed E-state index contributed by atoms with van der Waals surface area (Å²) < 4.78 is 22.0. The van der Waals surface area contributed by atoms with E-state index in [1.165, 1.54) is 0 Å². The van der Waals surface area contributed by atoms with E-state index in [2.05, 4.69) is 0 Å². The van der Waals surface area contributed by atoms with Crippen LogP contribution in [-0.2, 0) is 18.9 Å². The van der Waals surface area contributed by atoms with E-state index in [-0.39, 0.29) is 24.4 Å². The van der Waals surface area contributed by atoms with Crippen LogP contribution < -0.4 is 0 Å². The number of ether oxygens (including phenoxy) is 4. The molecule has 0 spiro atoms. The van der Waals surface area contributed by atoms with Crippen LogP contribution in [0.3, 0.4) is 0 Å². The first-order valence-corrected chi connectivity index (χ1v) is 4.74. The van der Waals surface area contributed by atoms with Crippen LogP contribution in [0.2, 0.25) is 0 Å². The van der Waals surface area contributed by atoms with Crippen molar-refractivity contribution in [1.82, 2.24) is 0 Å². The topological polar surface area (TPSA) is 43.5 Å². The molecule has 0 aliphatic carbocycles. The molecule has 0 bridgehead atoms. The first-order chi connectivity index (χ1) is 6.16. The molecular formula is C9H14O4. The molecule has 4 nitrogen and oxygen atoms in total. The molecule has 0 unspecified atom stereocenters. The highest BCUT2D eigenvalue weighted by Crippen LogP contribution is 2.39. The van der Waals surface area contributed by atoms with Crippen molar-refractivity contribution >= 4 is 0 Å². The summed E-state index contributed by atoms with van der Waals surface area (Å²) in [7, 11) is 0. The third-order valence-electron chi connectivity index (χ3n) is 2.61. The van der Waals surface area contributed by atoms with Crippen molar-refractivity contribution in [2.45, 2.75) is 44.1 Å². The minimum Gasteiger partial charge on any atom is -0.370 e. The van der Waals surface area contributed by atoms with Crippen molar-refractivity contribution in [3.63, 3.8) is 0 Å². The van der Waals surface area contributed by atoms with E-state index in [1.807, 2.05) is 13.8 Å². The lowest BCUT2D eigenvalue weighted by Gasteiger charge is -2.16. The fraction of sp³-hybridized carbons (Fsp3) is 1.00. The average molecular weight is 186 g/mol. The van der Waals surface area contributed by atoms with Gasteiger partial charge in [-0.15, -0.1) is 0 Å². The van der Waals surface area contributed by atoms with Crippen molar-refractivity contribution in [3.05, 3.63) is 0 Å². The van der Waals surface area contributed by atoms with E-state index < -0.39 is 5.79 Å². The lowest BCUT2D eigenvalue weighted by atomic mass is 10.1. The number of hydrogen-bond acceptors (Lipinski definition) is 4. The van der Waals surface area contributed by atoms with Crippen LogP contribution in [0, 0.1) is 0 Å². The SMILES string of the molecule is CC1(C)O[C@H]([C@@H]2CO2)[C@@H]([C@@H]2CO2)O1. The normalized spacial score (nSPS) is 52.2. The predicted octanol–water partition coefficient (Wildman–Crippen LogP) is 0.304. The van der Waals surface area contributed by atoms with Gasteiger partial charge in [0.25, 0.3) is 0 Å². The molecule has 4 atom stereocenters. The molecule has 3 heterocycles. The van der Waals surface area contributed by atoms with E-state index in [9.17, 15) is 0 Å². The highest BCUT2D eigenvalue weighted by atomic mass is 16.8. The van der Waals surface area contributed by atoms with Crippen molar-refractivity contribution in [2.24, 2.45) is 0 Å². The summed E-state index contributed by atoms with van der Waals surface area (Å²) in [6, 6.07) is 0. The van der Waals surface area contributed by atoms with Crippen LogP contribution >= 0.6 is 0 Å². The number of rotatable bonds is 2. The monoisotopic (exact) mass is 186 g/mol. The van der Waals surface area contributed by atoms with E-state index in [0.717, 1.165) is 13.2 Å². The minimum atomic E-state index is -0.479. The summed E-state index contributed by atoms with van der Waals surface area (Å²) in [6.07, 6.45) is 0.608. The molecule has 0 aromatic heterocycles. The zero-order chi connectivity index (χ0) is 9.05. The summed E-state index contributed by atoms with van der Waals surface area (Å²) in [5.41, 5.74) is 0. The Kier molecular flexibility index (Phi) is 1.54. The summed E-state index contributed by atoms with van der Waals surface area (Å²) in [6.45, 7) is 5.47. The van der Waals surface area contributed by atoms with Crippen LogP contribution in [0.25, 0.3) is 0 Å². The van der Waals surface area contributed by atoms with Gasteiger partial charge in [-0.1, -0.05) is 0 Å². The smallest absolute Gasteiger partial charge is 0.164 e. The first kappa shape index (κ1) is 8.17. The molecule has 0 aromatic rings. The second-order valence-electron chi connectivity index (χ2n) is 4.31. The molecule has 4 heteroatoms. The van der Waals surface area contributed by atoms with Gasteiger partial charge in [0, 0.05) is 0 Å². The molecule has 74 valence electrons. The Morgan fingerprint density at radius 1 is 0.923 bits per heavy atom. The van der Waals surface area contributed by atoms with Gasteiger partial charge in [0.1, 0.15) is 24.4 Å². The van der Waals surface area contributed by atoms with Gasteiger partial charge in [0.15, 0.2) is 5.79 Å². The third kappa shape index (κ3) is 1.48. The number of hydrogen-bond donors (Lipinski definition) is 0. The lowest BCUT2D eigenvalue weighted by molar-refractivity contribution is -0.149. The Labute approximate surface area is 77.1 Å². The number of epoxide rings is 2. The second-order valence-corrected chi connectivity index (χ2v) is 4.31. The largest absolute Gasteiger partial charge is 0.370 e. The average Bonchev–Trinajstić information content (AvgIpc) is 2.90. The van der Waals surface area contributed by atoms with E-state index in [4.69, 9.17) is 18.9 Å². The summed E-state index contributed by atoms with van der Waals surface area (Å²) in [5, 5.41) is 0. The lowest BCUT2D eigenvalue weighted by Crippen LogP contribution is -2.32. The molecule has 13 heavy (non-hydrogen) atoms. The molecule has 0 aromatic carbocycles. The predicted molar refractivity (Wildman–Crippen MR) is 43.3 cm³/mol. The van der Waals surface area contributed by atoms with E-state index in [1.54, 1.807) is 0 Å². The van der Waals surface area contributed by atoms with E-state index >= 15 is 0 Å². The van der Waals surface area contributed by atoms with Gasteiger partial charge in [-0.25, -0.2) is 0 Å². The van der Waals surface area contributed by atoms with Crippen LogP contribution in [-0.4, -0.2) is 43.4 Å². The molecule has 0 saturated carbocycles. The molecule has 0 amide bonds. The molecule has 0 N–H and O–H groups in total. The highest BCUT2D eigenvalue weighted by molar-refractivity contribution is 4.98. The maximum atomic E-state index is 5.76. The summed E-state index contributed by atoms with van der Waals surface area (Å²) in [5.74, 6) is -0.479. The van der Waals surface area contributed by atoms with Gasteiger partial charge >= 0.3 is 0 Å². The van der Waals surface area contributed by atoms with Gasteiger partial charge in [0.05, 0.1) is 13.2 Å². The van der Waals surface area contributed by atoms with E-state index in [0.29, 0.717) is 0 Å². The Bertz CT molecular complexity index is 198. The summed E-state index contributed by atoms with van der Waals surface area (Å²) in [4.78, 5) is 0. The Hall–Kier alpha value is -0.160. The Balaban J connectivity index is 1.75. The molecule has 3 aliphatic rings. The zero-order valence-electron chi connectivity index (χ0n) is 7.86. The molecule has 3 rings (SSSR count). The summed E-state index contributed by atoms with van der Waals surface area (Å²) >= 11 is 0. The zero-order valence-corrected chi connectivity index (χ0v) is 7.86. The molecular weight excluding hydrogens is 172 g/mol. The fourth-order valence-corrected chi connectivity index (χ4v) is 1.88. The highest BCUT2D eigenvalue weighted by Gasteiger charge is 2.55. The van der Waals surface area contributed by atoms with Crippen LogP contribution in [0.5, 0.6) is 0 Å². The molecule has 3 saturated heterocycles. The first-order valence-electron chi connectivity index (χ1n) is 4.74. The van der Waals surface area contributed by atoms with Crippen LogP contribution in [0.15, 0.2) is 0 Å².